The standard InChI is InChI=1S/C19H11F2N3OS/c20-14-7-6-13(10-15(14)21)23-18-16(26-19(25)24-18)9-12-4-1-3-11-5-2-8-22-17(11)12/h1-10H,(H,23,24,25). The van der Waals surface area contributed by atoms with E-state index in [1.807, 2.05) is 30.3 Å². The Morgan fingerprint density at radius 3 is 2.77 bits per heavy atom. The number of halogens is 2. The zero-order valence-corrected chi connectivity index (χ0v) is 14.1. The summed E-state index contributed by atoms with van der Waals surface area (Å²) in [5, 5.41) is 3.31. The SMILES string of the molecule is O=C1NC(=Nc2ccc(F)c(F)c2)C(=Cc2cccc3cccnc23)S1. The monoisotopic (exact) mass is 367 g/mol. The van der Waals surface area contributed by atoms with Crippen LogP contribution in [0.1, 0.15) is 5.56 Å². The molecule has 7 heteroatoms. The number of hydrogen-bond donors (Lipinski definition) is 1. The number of para-hydroxylation sites is 1. The Balaban J connectivity index is 1.78. The molecule has 26 heavy (non-hydrogen) atoms. The molecule has 0 bridgehead atoms. The molecule has 0 saturated carbocycles. The molecule has 0 spiro atoms. The molecule has 4 nitrogen and oxygen atoms in total. The van der Waals surface area contributed by atoms with E-state index in [1.54, 1.807) is 12.3 Å². The highest BCUT2D eigenvalue weighted by Gasteiger charge is 2.24. The topological polar surface area (TPSA) is 54.4 Å². The van der Waals surface area contributed by atoms with Crippen LogP contribution in [-0.2, 0) is 0 Å². The number of thioether (sulfide) groups is 1. The van der Waals surface area contributed by atoms with E-state index in [0.29, 0.717) is 10.7 Å². The van der Waals surface area contributed by atoms with Gasteiger partial charge in [-0.3, -0.25) is 9.78 Å². The molecule has 4 rings (SSSR count). The van der Waals surface area contributed by atoms with Gasteiger partial charge in [-0.05, 0) is 36.0 Å². The summed E-state index contributed by atoms with van der Waals surface area (Å²) in [5.41, 5.74) is 1.85. The minimum atomic E-state index is -0.993. The first-order chi connectivity index (χ1) is 12.6. The van der Waals surface area contributed by atoms with Crippen molar-refractivity contribution < 1.29 is 13.6 Å². The predicted octanol–water partition coefficient (Wildman–Crippen LogP) is 5.04. The smallest absolute Gasteiger partial charge is 0.289 e. The number of aliphatic imine (C=N–C) groups is 1. The maximum Gasteiger partial charge on any atom is 0.289 e. The van der Waals surface area contributed by atoms with Crippen molar-refractivity contribution in [2.24, 2.45) is 4.99 Å². The van der Waals surface area contributed by atoms with Crippen molar-refractivity contribution in [2.45, 2.75) is 0 Å². The van der Waals surface area contributed by atoms with Crippen molar-refractivity contribution in [1.82, 2.24) is 10.3 Å². The number of fused-ring (bicyclic) bond motifs is 1. The summed E-state index contributed by atoms with van der Waals surface area (Å²) >= 11 is 0.988. The summed E-state index contributed by atoms with van der Waals surface area (Å²) in [7, 11) is 0. The lowest BCUT2D eigenvalue weighted by Gasteiger charge is -2.03. The molecular weight excluding hydrogens is 356 g/mol. The third-order valence-electron chi connectivity index (χ3n) is 3.75. The van der Waals surface area contributed by atoms with Crippen LogP contribution in [0, 0.1) is 11.6 Å². The summed E-state index contributed by atoms with van der Waals surface area (Å²) in [4.78, 5) is 21.0. The van der Waals surface area contributed by atoms with E-state index in [2.05, 4.69) is 15.3 Å². The number of carbonyl (C=O) groups excluding carboxylic acids is 1. The van der Waals surface area contributed by atoms with Gasteiger partial charge >= 0.3 is 0 Å². The molecule has 1 saturated heterocycles. The second kappa shape index (κ2) is 6.68. The van der Waals surface area contributed by atoms with Crippen molar-refractivity contribution >= 4 is 45.5 Å². The van der Waals surface area contributed by atoms with Gasteiger partial charge in [-0.25, -0.2) is 13.8 Å². The van der Waals surface area contributed by atoms with Gasteiger partial charge in [0.15, 0.2) is 11.6 Å². The Kier molecular flexibility index (Phi) is 4.22. The van der Waals surface area contributed by atoms with E-state index in [-0.39, 0.29) is 10.9 Å². The minimum absolute atomic E-state index is 0.212. The number of hydrogen-bond acceptors (Lipinski definition) is 4. The van der Waals surface area contributed by atoms with E-state index in [1.165, 1.54) is 6.07 Å². The average molecular weight is 367 g/mol. The van der Waals surface area contributed by atoms with Crippen LogP contribution in [-0.4, -0.2) is 16.1 Å². The van der Waals surface area contributed by atoms with Crippen LogP contribution >= 0.6 is 11.8 Å². The second-order valence-electron chi connectivity index (χ2n) is 5.50. The van der Waals surface area contributed by atoms with Crippen molar-refractivity contribution in [2.75, 3.05) is 0 Å². The number of nitrogens with zero attached hydrogens (tertiary/aromatic N) is 2. The first-order valence-electron chi connectivity index (χ1n) is 7.68. The van der Waals surface area contributed by atoms with E-state index in [9.17, 15) is 13.6 Å². The average Bonchev–Trinajstić information content (AvgIpc) is 2.97. The number of amides is 1. The molecule has 0 atom stereocenters. The van der Waals surface area contributed by atoms with Crippen LogP contribution in [0.4, 0.5) is 19.3 Å². The maximum atomic E-state index is 13.4. The fraction of sp³-hybridized carbons (Fsp3) is 0. The number of aromatic nitrogens is 1. The van der Waals surface area contributed by atoms with E-state index < -0.39 is 11.6 Å². The van der Waals surface area contributed by atoms with Gasteiger partial charge in [0.2, 0.25) is 0 Å². The lowest BCUT2D eigenvalue weighted by Crippen LogP contribution is -2.18. The van der Waals surface area contributed by atoms with Crippen LogP contribution in [0.2, 0.25) is 0 Å². The Morgan fingerprint density at radius 1 is 1.08 bits per heavy atom. The molecule has 128 valence electrons. The Bertz CT molecular complexity index is 1090. The van der Waals surface area contributed by atoms with Crippen molar-refractivity contribution in [3.05, 3.63) is 76.8 Å². The lowest BCUT2D eigenvalue weighted by molar-refractivity contribution is 0.265. The van der Waals surface area contributed by atoms with Crippen LogP contribution in [0.3, 0.4) is 0 Å². The number of nitrogens with one attached hydrogen (secondary N) is 1. The second-order valence-corrected chi connectivity index (χ2v) is 6.52. The fourth-order valence-electron chi connectivity index (χ4n) is 2.58. The van der Waals surface area contributed by atoms with Gasteiger partial charge in [0.05, 0.1) is 16.1 Å². The third kappa shape index (κ3) is 3.21. The number of carbonyl (C=O) groups is 1. The van der Waals surface area contributed by atoms with Crippen LogP contribution in [0.15, 0.2) is 64.6 Å². The highest BCUT2D eigenvalue weighted by molar-refractivity contribution is 8.18. The number of rotatable bonds is 2. The molecule has 0 aliphatic carbocycles. The summed E-state index contributed by atoms with van der Waals surface area (Å²) in [6.45, 7) is 0. The molecule has 2 aromatic carbocycles. The van der Waals surface area contributed by atoms with Crippen molar-refractivity contribution in [3.63, 3.8) is 0 Å². The lowest BCUT2D eigenvalue weighted by atomic mass is 10.1. The molecule has 3 aromatic rings. The molecule has 1 aliphatic rings. The molecular formula is C19H11F2N3OS. The molecule has 1 aromatic heterocycles. The van der Waals surface area contributed by atoms with Gasteiger partial charge in [0.25, 0.3) is 5.24 Å². The van der Waals surface area contributed by atoms with Crippen molar-refractivity contribution in [3.8, 4) is 0 Å². The fourth-order valence-corrected chi connectivity index (χ4v) is 3.31. The van der Waals surface area contributed by atoms with Gasteiger partial charge in [-0.2, -0.15) is 0 Å². The van der Waals surface area contributed by atoms with Crippen LogP contribution < -0.4 is 5.32 Å². The van der Waals surface area contributed by atoms with E-state index in [0.717, 1.165) is 40.4 Å². The van der Waals surface area contributed by atoms with Gasteiger partial charge in [-0.15, -0.1) is 0 Å². The largest absolute Gasteiger partial charge is 0.300 e. The number of benzene rings is 2. The van der Waals surface area contributed by atoms with Gasteiger partial charge in [-0.1, -0.05) is 24.3 Å². The Hall–Kier alpha value is -3.06. The molecule has 1 fully saturated rings. The zero-order chi connectivity index (χ0) is 18.1. The van der Waals surface area contributed by atoms with Gasteiger partial charge in [0.1, 0.15) is 5.84 Å². The number of amidine groups is 1. The highest BCUT2D eigenvalue weighted by atomic mass is 32.2. The third-order valence-corrected chi connectivity index (χ3v) is 4.57. The van der Waals surface area contributed by atoms with Crippen molar-refractivity contribution in [1.29, 1.82) is 0 Å². The van der Waals surface area contributed by atoms with Gasteiger partial charge in [0, 0.05) is 23.2 Å². The van der Waals surface area contributed by atoms with Crippen LogP contribution in [0.5, 0.6) is 0 Å². The van der Waals surface area contributed by atoms with E-state index in [4.69, 9.17) is 0 Å². The maximum absolute atomic E-state index is 13.4. The normalized spacial score (nSPS) is 17.2. The minimum Gasteiger partial charge on any atom is -0.300 e. The first-order valence-corrected chi connectivity index (χ1v) is 8.50. The zero-order valence-electron chi connectivity index (χ0n) is 13.2. The summed E-state index contributed by atoms with van der Waals surface area (Å²) < 4.78 is 26.5. The molecule has 1 amide bonds. The summed E-state index contributed by atoms with van der Waals surface area (Å²) in [6, 6.07) is 12.9. The quantitative estimate of drug-likeness (QED) is 0.690. The molecule has 2 heterocycles. The summed E-state index contributed by atoms with van der Waals surface area (Å²) in [5.74, 6) is -1.65. The first kappa shape index (κ1) is 16.4. The van der Waals surface area contributed by atoms with E-state index >= 15 is 0 Å². The molecule has 0 unspecified atom stereocenters. The highest BCUT2D eigenvalue weighted by Crippen LogP contribution is 2.30. The molecule has 1 N–H and O–H groups in total. The van der Waals surface area contributed by atoms with Crippen LogP contribution in [0.25, 0.3) is 17.0 Å². The molecule has 1 aliphatic heterocycles. The molecule has 0 radical (unpaired) electrons. The summed E-state index contributed by atoms with van der Waals surface area (Å²) in [6.07, 6.45) is 3.50. The predicted molar refractivity (Wildman–Crippen MR) is 99.3 cm³/mol. The Labute approximate surface area is 151 Å². The van der Waals surface area contributed by atoms with Gasteiger partial charge < -0.3 is 5.32 Å². The number of pyridine rings is 1. The Morgan fingerprint density at radius 2 is 1.92 bits per heavy atom.